The van der Waals surface area contributed by atoms with E-state index in [0.29, 0.717) is 21.9 Å². The van der Waals surface area contributed by atoms with E-state index in [1.165, 1.54) is 0 Å². The first kappa shape index (κ1) is 17.3. The molecule has 1 aromatic heterocycles. The molecule has 4 nitrogen and oxygen atoms in total. The molecular formula is C21H25NO3. The van der Waals surface area contributed by atoms with Crippen LogP contribution in [0, 0.1) is 6.92 Å². The lowest BCUT2D eigenvalue weighted by atomic mass is 10.0. The molecule has 0 saturated carbocycles. The molecule has 0 bridgehead atoms. The van der Waals surface area contributed by atoms with Crippen LogP contribution in [0.2, 0.25) is 0 Å². The molecule has 0 fully saturated rings. The topological polar surface area (TPSA) is 42.7 Å². The maximum atomic E-state index is 13.1. The maximum absolute atomic E-state index is 13.1. The minimum atomic E-state index is 0.0128. The smallest absolute Gasteiger partial charge is 0.200 e. The van der Waals surface area contributed by atoms with Crippen LogP contribution < -0.4 is 15.1 Å². The van der Waals surface area contributed by atoms with Crippen molar-refractivity contribution < 1.29 is 9.15 Å². The lowest BCUT2D eigenvalue weighted by Gasteiger charge is -2.26. The fourth-order valence-corrected chi connectivity index (χ4v) is 3.30. The van der Waals surface area contributed by atoms with Gasteiger partial charge in [0.2, 0.25) is 5.43 Å². The van der Waals surface area contributed by atoms with Gasteiger partial charge in [0.05, 0.1) is 16.9 Å². The number of rotatable bonds is 5. The van der Waals surface area contributed by atoms with Crippen molar-refractivity contribution in [1.82, 2.24) is 0 Å². The van der Waals surface area contributed by atoms with E-state index in [4.69, 9.17) is 9.15 Å². The monoisotopic (exact) mass is 339 g/mol. The van der Waals surface area contributed by atoms with E-state index >= 15 is 0 Å². The average molecular weight is 339 g/mol. The van der Waals surface area contributed by atoms with E-state index in [1.54, 1.807) is 0 Å². The van der Waals surface area contributed by atoms with Crippen molar-refractivity contribution in [2.45, 2.75) is 40.7 Å². The predicted octanol–water partition coefficient (Wildman–Crippen LogP) is 4.89. The molecule has 0 saturated heterocycles. The lowest BCUT2D eigenvalue weighted by Crippen LogP contribution is -2.24. The molecule has 3 aromatic rings. The Bertz CT molecular complexity index is 968. The largest absolute Gasteiger partial charge is 0.489 e. The third kappa shape index (κ3) is 2.97. The van der Waals surface area contributed by atoms with Crippen LogP contribution in [-0.2, 0) is 0 Å². The van der Waals surface area contributed by atoms with Crippen LogP contribution in [0.3, 0.4) is 0 Å². The number of fused-ring (bicyclic) bond motifs is 2. The van der Waals surface area contributed by atoms with Crippen LogP contribution >= 0.6 is 0 Å². The quantitative estimate of drug-likeness (QED) is 0.621. The van der Waals surface area contributed by atoms with Crippen molar-refractivity contribution in [3.05, 3.63) is 46.1 Å². The Morgan fingerprint density at radius 3 is 2.48 bits per heavy atom. The number of anilines is 1. The summed E-state index contributed by atoms with van der Waals surface area (Å²) in [6.45, 7) is 11.7. The van der Waals surface area contributed by atoms with Gasteiger partial charge >= 0.3 is 0 Å². The SMILES string of the molecule is CCN(CC)c1c(OC(C)C)cc(C)c2c(=O)c3ccccc3oc12. The molecule has 3 rings (SSSR count). The summed E-state index contributed by atoms with van der Waals surface area (Å²) in [7, 11) is 0. The second-order valence-corrected chi connectivity index (χ2v) is 6.51. The molecule has 0 radical (unpaired) electrons. The van der Waals surface area contributed by atoms with Crippen LogP contribution in [0.4, 0.5) is 5.69 Å². The van der Waals surface area contributed by atoms with Crippen molar-refractivity contribution >= 4 is 27.6 Å². The van der Waals surface area contributed by atoms with Gasteiger partial charge in [0.15, 0.2) is 5.58 Å². The first-order valence-corrected chi connectivity index (χ1v) is 8.88. The van der Waals surface area contributed by atoms with Crippen molar-refractivity contribution in [3.63, 3.8) is 0 Å². The van der Waals surface area contributed by atoms with Gasteiger partial charge in [-0.1, -0.05) is 12.1 Å². The van der Waals surface area contributed by atoms with Gasteiger partial charge in [0.1, 0.15) is 17.0 Å². The molecule has 0 atom stereocenters. The highest BCUT2D eigenvalue weighted by atomic mass is 16.5. The van der Waals surface area contributed by atoms with Gasteiger partial charge in [-0.3, -0.25) is 4.79 Å². The standard InChI is InChI=1S/C21H25NO3/c1-6-22(7-2)19-17(24-13(3)4)12-14(5)18-20(23)15-10-8-9-11-16(15)25-21(18)19/h8-13H,6-7H2,1-5H3. The number of aryl methyl sites for hydroxylation is 1. The highest BCUT2D eigenvalue weighted by Gasteiger charge is 2.22. The van der Waals surface area contributed by atoms with Gasteiger partial charge in [0, 0.05) is 13.1 Å². The summed E-state index contributed by atoms with van der Waals surface area (Å²) in [6, 6.07) is 9.36. The summed E-state index contributed by atoms with van der Waals surface area (Å²) in [5.74, 6) is 0.766. The predicted molar refractivity (Wildman–Crippen MR) is 104 cm³/mol. The summed E-state index contributed by atoms with van der Waals surface area (Å²) >= 11 is 0. The van der Waals surface area contributed by atoms with Gasteiger partial charge in [0.25, 0.3) is 0 Å². The second-order valence-electron chi connectivity index (χ2n) is 6.51. The molecule has 0 N–H and O–H groups in total. The Hall–Kier alpha value is -2.49. The van der Waals surface area contributed by atoms with Gasteiger partial charge in [-0.15, -0.1) is 0 Å². The summed E-state index contributed by atoms with van der Waals surface area (Å²) in [4.78, 5) is 15.3. The molecule has 0 spiro atoms. The van der Waals surface area contributed by atoms with E-state index in [-0.39, 0.29) is 11.5 Å². The molecule has 0 aliphatic heterocycles. The van der Waals surface area contributed by atoms with Crippen molar-refractivity contribution in [3.8, 4) is 5.75 Å². The number of benzene rings is 2. The molecule has 2 aromatic carbocycles. The van der Waals surface area contributed by atoms with E-state index in [0.717, 1.165) is 30.1 Å². The summed E-state index contributed by atoms with van der Waals surface area (Å²) in [5.41, 5.74) is 2.97. The zero-order valence-corrected chi connectivity index (χ0v) is 15.6. The fraction of sp³-hybridized carbons (Fsp3) is 0.381. The molecule has 132 valence electrons. The number of hydrogen-bond acceptors (Lipinski definition) is 4. The number of hydrogen-bond donors (Lipinski definition) is 0. The molecule has 0 aliphatic carbocycles. The Labute approximate surface area is 148 Å². The average Bonchev–Trinajstić information content (AvgIpc) is 2.57. The summed E-state index contributed by atoms with van der Waals surface area (Å²) in [6.07, 6.45) is 0.0401. The van der Waals surface area contributed by atoms with Crippen LogP contribution in [0.1, 0.15) is 33.3 Å². The number of nitrogens with zero attached hydrogens (tertiary/aromatic N) is 1. The third-order valence-electron chi connectivity index (χ3n) is 4.43. The van der Waals surface area contributed by atoms with Gasteiger partial charge in [-0.2, -0.15) is 0 Å². The van der Waals surface area contributed by atoms with E-state index in [2.05, 4.69) is 18.7 Å². The number of para-hydroxylation sites is 1. The molecule has 4 heteroatoms. The van der Waals surface area contributed by atoms with Crippen LogP contribution in [0.5, 0.6) is 5.75 Å². The fourth-order valence-electron chi connectivity index (χ4n) is 3.30. The first-order chi connectivity index (χ1) is 12.0. The van der Waals surface area contributed by atoms with Gasteiger partial charge in [-0.05, 0) is 58.4 Å². The Kier molecular flexibility index (Phi) is 4.71. The van der Waals surface area contributed by atoms with Gasteiger partial charge in [-0.25, -0.2) is 0 Å². The zero-order valence-electron chi connectivity index (χ0n) is 15.6. The first-order valence-electron chi connectivity index (χ1n) is 8.88. The lowest BCUT2D eigenvalue weighted by molar-refractivity contribution is 0.243. The van der Waals surface area contributed by atoms with Crippen LogP contribution in [0.15, 0.2) is 39.5 Å². The van der Waals surface area contributed by atoms with Crippen molar-refractivity contribution in [2.24, 2.45) is 0 Å². The second kappa shape index (κ2) is 6.79. The minimum absolute atomic E-state index is 0.0128. The van der Waals surface area contributed by atoms with E-state index in [1.807, 2.05) is 51.1 Å². The third-order valence-corrected chi connectivity index (χ3v) is 4.43. The maximum Gasteiger partial charge on any atom is 0.200 e. The molecule has 0 aliphatic rings. The van der Waals surface area contributed by atoms with Crippen molar-refractivity contribution in [2.75, 3.05) is 18.0 Å². The Morgan fingerprint density at radius 2 is 1.84 bits per heavy atom. The molecule has 25 heavy (non-hydrogen) atoms. The summed E-state index contributed by atoms with van der Waals surface area (Å²) < 4.78 is 12.3. The minimum Gasteiger partial charge on any atom is -0.489 e. The highest BCUT2D eigenvalue weighted by Crippen LogP contribution is 2.39. The number of ether oxygens (including phenoxy) is 1. The molecule has 1 heterocycles. The zero-order chi connectivity index (χ0) is 18.1. The molecule has 0 unspecified atom stereocenters. The summed E-state index contributed by atoms with van der Waals surface area (Å²) in [5, 5.41) is 1.25. The normalized spacial score (nSPS) is 11.4. The molecular weight excluding hydrogens is 314 g/mol. The Morgan fingerprint density at radius 1 is 1.16 bits per heavy atom. The van der Waals surface area contributed by atoms with E-state index in [9.17, 15) is 4.79 Å². The van der Waals surface area contributed by atoms with E-state index < -0.39 is 0 Å². The van der Waals surface area contributed by atoms with Crippen LogP contribution in [-0.4, -0.2) is 19.2 Å². The van der Waals surface area contributed by atoms with Gasteiger partial charge < -0.3 is 14.1 Å². The highest BCUT2D eigenvalue weighted by molar-refractivity contribution is 6.00. The van der Waals surface area contributed by atoms with Crippen molar-refractivity contribution in [1.29, 1.82) is 0 Å². The molecule has 0 amide bonds. The van der Waals surface area contributed by atoms with Crippen LogP contribution in [0.25, 0.3) is 21.9 Å². The Balaban J connectivity index is 2.48.